The first-order valence-electron chi connectivity index (χ1n) is 16.9. The van der Waals surface area contributed by atoms with Crippen molar-refractivity contribution in [1.29, 1.82) is 0 Å². The Morgan fingerprint density at radius 2 is 0.868 bits per heavy atom. The van der Waals surface area contributed by atoms with Gasteiger partial charge in [0.1, 0.15) is 6.61 Å². The predicted octanol–water partition coefficient (Wildman–Crippen LogP) is 12.1. The maximum Gasteiger partial charge on any atom is 0.306 e. The van der Waals surface area contributed by atoms with E-state index in [0.717, 1.165) is 24.3 Å². The number of rotatable bonds is 28. The van der Waals surface area contributed by atoms with E-state index in [4.69, 9.17) is 4.74 Å². The fraction of sp³-hybridized carbons (Fsp3) is 0.806. The first kappa shape index (κ1) is 34.7. The molecular weight excluding hydrogens is 464 g/mol. The Bertz CT molecular complexity index is 609. The summed E-state index contributed by atoms with van der Waals surface area (Å²) in [7, 11) is 0. The number of esters is 1. The van der Waals surface area contributed by atoms with Gasteiger partial charge in [-0.25, -0.2) is 0 Å². The van der Waals surface area contributed by atoms with Gasteiger partial charge in [-0.15, -0.1) is 0 Å². The molecule has 1 aromatic carbocycles. The van der Waals surface area contributed by atoms with Crippen LogP contribution in [0.3, 0.4) is 0 Å². The molecular formula is C36H64O2. The smallest absolute Gasteiger partial charge is 0.306 e. The highest BCUT2D eigenvalue weighted by Gasteiger charge is 2.03. The van der Waals surface area contributed by atoms with E-state index < -0.39 is 0 Å². The van der Waals surface area contributed by atoms with Crippen LogP contribution >= 0.6 is 0 Å². The molecule has 1 aromatic rings. The topological polar surface area (TPSA) is 26.3 Å². The average molecular weight is 529 g/mol. The largest absolute Gasteiger partial charge is 0.461 e. The van der Waals surface area contributed by atoms with Crippen LogP contribution in [0.4, 0.5) is 0 Å². The number of carbonyl (C=O) groups excluding carboxylic acids is 1. The van der Waals surface area contributed by atoms with Crippen LogP contribution in [0.5, 0.6) is 0 Å². The van der Waals surface area contributed by atoms with E-state index >= 15 is 0 Å². The van der Waals surface area contributed by atoms with Crippen molar-refractivity contribution < 1.29 is 9.53 Å². The summed E-state index contributed by atoms with van der Waals surface area (Å²) in [4.78, 5) is 11.8. The maximum atomic E-state index is 11.8. The number of ether oxygens (including phenoxy) is 1. The van der Waals surface area contributed by atoms with Crippen molar-refractivity contribution in [3.8, 4) is 0 Å². The molecule has 0 unspecified atom stereocenters. The molecule has 38 heavy (non-hydrogen) atoms. The van der Waals surface area contributed by atoms with Crippen molar-refractivity contribution in [2.75, 3.05) is 0 Å². The summed E-state index contributed by atoms with van der Waals surface area (Å²) >= 11 is 0. The van der Waals surface area contributed by atoms with Crippen molar-refractivity contribution in [3.05, 3.63) is 35.9 Å². The van der Waals surface area contributed by atoms with Crippen molar-refractivity contribution in [3.63, 3.8) is 0 Å². The van der Waals surface area contributed by atoms with E-state index in [1.807, 2.05) is 30.3 Å². The van der Waals surface area contributed by atoms with E-state index in [1.54, 1.807) is 0 Å². The van der Waals surface area contributed by atoms with E-state index in [9.17, 15) is 4.79 Å². The summed E-state index contributed by atoms with van der Waals surface area (Å²) in [6.45, 7) is 5.08. The molecule has 0 radical (unpaired) electrons. The minimum Gasteiger partial charge on any atom is -0.461 e. The number of hydrogen-bond donors (Lipinski definition) is 0. The molecule has 0 fully saturated rings. The fourth-order valence-corrected chi connectivity index (χ4v) is 5.34. The zero-order chi connectivity index (χ0) is 27.4. The number of carbonyl (C=O) groups is 1. The first-order valence-corrected chi connectivity index (χ1v) is 16.9. The molecule has 1 rings (SSSR count). The Kier molecular flexibility index (Phi) is 24.9. The van der Waals surface area contributed by atoms with Gasteiger partial charge in [0, 0.05) is 6.42 Å². The van der Waals surface area contributed by atoms with Crippen molar-refractivity contribution in [2.24, 2.45) is 5.92 Å². The molecule has 0 aliphatic heterocycles. The zero-order valence-corrected chi connectivity index (χ0v) is 25.7. The molecule has 0 saturated carbocycles. The summed E-state index contributed by atoms with van der Waals surface area (Å²) in [6, 6.07) is 9.92. The van der Waals surface area contributed by atoms with Gasteiger partial charge in [-0.2, -0.15) is 0 Å². The predicted molar refractivity (Wildman–Crippen MR) is 167 cm³/mol. The molecule has 0 saturated heterocycles. The molecule has 2 nitrogen and oxygen atoms in total. The van der Waals surface area contributed by atoms with Gasteiger partial charge in [0.25, 0.3) is 0 Å². The lowest BCUT2D eigenvalue weighted by molar-refractivity contribution is -0.145. The van der Waals surface area contributed by atoms with Crippen molar-refractivity contribution >= 4 is 5.97 Å². The minimum absolute atomic E-state index is 0.0577. The Morgan fingerprint density at radius 3 is 1.24 bits per heavy atom. The van der Waals surface area contributed by atoms with Gasteiger partial charge in [0.15, 0.2) is 0 Å². The monoisotopic (exact) mass is 528 g/mol. The second-order valence-corrected chi connectivity index (χ2v) is 12.2. The van der Waals surface area contributed by atoms with Crippen molar-refractivity contribution in [2.45, 2.75) is 181 Å². The lowest BCUT2D eigenvalue weighted by atomic mass is 10.0. The van der Waals surface area contributed by atoms with Gasteiger partial charge in [-0.1, -0.05) is 192 Å². The second-order valence-electron chi connectivity index (χ2n) is 12.2. The van der Waals surface area contributed by atoms with Crippen molar-refractivity contribution in [1.82, 2.24) is 0 Å². The van der Waals surface area contributed by atoms with Crippen LogP contribution in [0.25, 0.3) is 0 Å². The SMILES string of the molecule is CC(C)CCCCCCCCCCCCCCCCCCCCCCCCCC(=O)OCc1ccccc1. The molecule has 0 spiro atoms. The zero-order valence-electron chi connectivity index (χ0n) is 25.7. The van der Waals surface area contributed by atoms with Gasteiger partial charge in [0.05, 0.1) is 0 Å². The average Bonchev–Trinajstić information content (AvgIpc) is 2.92. The van der Waals surface area contributed by atoms with E-state index in [1.165, 1.54) is 141 Å². The summed E-state index contributed by atoms with van der Waals surface area (Å²) in [5, 5.41) is 0. The third kappa shape index (κ3) is 25.0. The summed E-state index contributed by atoms with van der Waals surface area (Å²) in [5.41, 5.74) is 1.06. The third-order valence-corrected chi connectivity index (χ3v) is 7.91. The lowest BCUT2D eigenvalue weighted by Crippen LogP contribution is -2.04. The molecule has 0 aromatic heterocycles. The molecule has 220 valence electrons. The molecule has 0 aliphatic rings. The molecule has 0 heterocycles. The van der Waals surface area contributed by atoms with E-state index in [-0.39, 0.29) is 5.97 Å². The Balaban J connectivity index is 1.67. The maximum absolute atomic E-state index is 11.8. The number of unbranched alkanes of at least 4 members (excludes halogenated alkanes) is 22. The summed E-state index contributed by atoms with van der Waals surface area (Å²) < 4.78 is 5.35. The molecule has 2 heteroatoms. The highest BCUT2D eigenvalue weighted by atomic mass is 16.5. The quantitative estimate of drug-likeness (QED) is 0.0798. The number of benzene rings is 1. The van der Waals surface area contributed by atoms with Crippen LogP contribution in [0.1, 0.15) is 180 Å². The van der Waals surface area contributed by atoms with Crippen LogP contribution in [0.15, 0.2) is 30.3 Å². The standard InChI is InChI=1S/C36H64O2/c1-34(2)29-25-22-20-18-16-14-12-10-8-6-4-3-5-7-9-11-13-15-17-19-21-23-28-32-36(37)38-33-35-30-26-24-27-31-35/h24,26-27,30-31,34H,3-23,25,28-29,32-33H2,1-2H3. The van der Waals surface area contributed by atoms with Crippen LogP contribution in [-0.4, -0.2) is 5.97 Å². The Morgan fingerprint density at radius 1 is 0.526 bits per heavy atom. The molecule has 0 aliphatic carbocycles. The molecule has 0 N–H and O–H groups in total. The molecule has 0 amide bonds. The second kappa shape index (κ2) is 27.3. The number of hydrogen-bond acceptors (Lipinski definition) is 2. The van der Waals surface area contributed by atoms with Gasteiger partial charge >= 0.3 is 5.97 Å². The van der Waals surface area contributed by atoms with Crippen LogP contribution in [-0.2, 0) is 16.1 Å². The van der Waals surface area contributed by atoms with Gasteiger partial charge < -0.3 is 4.74 Å². The Hall–Kier alpha value is -1.31. The van der Waals surface area contributed by atoms with Crippen LogP contribution in [0, 0.1) is 5.92 Å². The van der Waals surface area contributed by atoms with Crippen LogP contribution < -0.4 is 0 Å². The molecule has 0 bridgehead atoms. The van der Waals surface area contributed by atoms with E-state index in [0.29, 0.717) is 13.0 Å². The Labute approximate surface area is 238 Å². The third-order valence-electron chi connectivity index (χ3n) is 7.91. The highest BCUT2D eigenvalue weighted by Crippen LogP contribution is 2.16. The fourth-order valence-electron chi connectivity index (χ4n) is 5.34. The first-order chi connectivity index (χ1) is 18.7. The highest BCUT2D eigenvalue weighted by molar-refractivity contribution is 5.69. The lowest BCUT2D eigenvalue weighted by Gasteiger charge is -2.05. The van der Waals surface area contributed by atoms with E-state index in [2.05, 4.69) is 13.8 Å². The summed E-state index contributed by atoms with van der Waals surface area (Å²) in [6.07, 6.45) is 34.1. The molecule has 0 atom stereocenters. The summed E-state index contributed by atoms with van der Waals surface area (Å²) in [5.74, 6) is 0.827. The normalized spacial score (nSPS) is 11.3. The minimum atomic E-state index is -0.0577. The van der Waals surface area contributed by atoms with Gasteiger partial charge in [0.2, 0.25) is 0 Å². The van der Waals surface area contributed by atoms with Gasteiger partial charge in [-0.05, 0) is 17.9 Å². The van der Waals surface area contributed by atoms with Gasteiger partial charge in [-0.3, -0.25) is 4.79 Å². The van der Waals surface area contributed by atoms with Crippen LogP contribution in [0.2, 0.25) is 0 Å².